The lowest BCUT2D eigenvalue weighted by Crippen LogP contribution is -2.53. The van der Waals surface area contributed by atoms with E-state index in [4.69, 9.17) is 0 Å². The summed E-state index contributed by atoms with van der Waals surface area (Å²) < 4.78 is 94.6. The fourth-order valence-corrected chi connectivity index (χ4v) is 5.54. The lowest BCUT2D eigenvalue weighted by atomic mass is 9.78. The van der Waals surface area contributed by atoms with Gasteiger partial charge in [0, 0.05) is 32.0 Å². The Labute approximate surface area is 231 Å². The Morgan fingerprint density at radius 3 is 2.12 bits per heavy atom. The first-order valence-corrected chi connectivity index (χ1v) is 12.9. The smallest absolute Gasteiger partial charge is 0.339 e. The Hall–Kier alpha value is -3.48. The number of carbonyl (C=O) groups is 3. The Bertz CT molecular complexity index is 1330. The molecule has 2 amide bonds. The summed E-state index contributed by atoms with van der Waals surface area (Å²) in [6.07, 6.45) is -10.1. The van der Waals surface area contributed by atoms with Crippen LogP contribution in [0, 0.1) is 18.7 Å². The van der Waals surface area contributed by atoms with Crippen LogP contribution in [0.15, 0.2) is 36.4 Å². The predicted molar refractivity (Wildman–Crippen MR) is 133 cm³/mol. The molecule has 0 aliphatic carbocycles. The van der Waals surface area contributed by atoms with Crippen molar-refractivity contribution in [1.82, 2.24) is 14.9 Å². The first-order chi connectivity index (χ1) is 19.0. The van der Waals surface area contributed by atoms with Crippen molar-refractivity contribution in [2.45, 2.75) is 51.0 Å². The van der Waals surface area contributed by atoms with Crippen LogP contribution in [0.25, 0.3) is 0 Å². The minimum atomic E-state index is -5.04. The summed E-state index contributed by atoms with van der Waals surface area (Å²) in [5.41, 5.74) is -2.16. The molecule has 0 spiro atoms. The van der Waals surface area contributed by atoms with E-state index >= 15 is 0 Å². The number of rotatable bonds is 5. The highest BCUT2D eigenvalue weighted by Gasteiger charge is 2.43. The van der Waals surface area contributed by atoms with Gasteiger partial charge in [0.1, 0.15) is 5.82 Å². The van der Waals surface area contributed by atoms with E-state index in [9.17, 15) is 45.1 Å². The Morgan fingerprint density at radius 1 is 1.00 bits per heavy atom. The fraction of sp³-hybridized carbons (Fsp3) is 0.464. The molecule has 0 N–H and O–H groups in total. The van der Waals surface area contributed by atoms with Gasteiger partial charge in [-0.25, -0.2) is 9.40 Å². The molecule has 2 aromatic carbocycles. The monoisotopic (exact) mass is 587 g/mol. The predicted octanol–water partition coefficient (Wildman–Crippen LogP) is 5.51. The average Bonchev–Trinajstić information content (AvgIpc) is 3.23. The number of hydrazine groups is 1. The zero-order chi connectivity index (χ0) is 30.4. The van der Waals surface area contributed by atoms with Crippen molar-refractivity contribution < 1.29 is 45.1 Å². The molecule has 0 unspecified atom stereocenters. The van der Waals surface area contributed by atoms with Crippen LogP contribution in [0.5, 0.6) is 0 Å². The van der Waals surface area contributed by atoms with Gasteiger partial charge in [-0.3, -0.25) is 19.4 Å². The Balaban J connectivity index is 1.67. The fourth-order valence-electron chi connectivity index (χ4n) is 5.54. The Morgan fingerprint density at radius 2 is 1.61 bits per heavy atom. The third kappa shape index (κ3) is 6.39. The van der Waals surface area contributed by atoms with Gasteiger partial charge in [0.05, 0.1) is 30.1 Å². The first-order valence-electron chi connectivity index (χ1n) is 12.9. The van der Waals surface area contributed by atoms with Crippen LogP contribution in [0.4, 0.5) is 30.7 Å². The van der Waals surface area contributed by atoms with Gasteiger partial charge >= 0.3 is 12.4 Å². The summed E-state index contributed by atoms with van der Waals surface area (Å²) in [6.45, 7) is 3.20. The maximum Gasteiger partial charge on any atom is 0.416 e. The molecule has 6 nitrogen and oxygen atoms in total. The van der Waals surface area contributed by atoms with Gasteiger partial charge < -0.3 is 4.90 Å². The second kappa shape index (κ2) is 11.1. The van der Waals surface area contributed by atoms with E-state index in [-0.39, 0.29) is 55.8 Å². The SMILES string of the molecule is Cc1cc(F)ccc1[C@H]1CN(N2CC(=O)CC2=O)CC[C@@H]1C(=O)N(C)[C@@H](C)c1cc(C(F)(F)F)cc(C(F)(F)F)c1. The van der Waals surface area contributed by atoms with Crippen LogP contribution in [-0.2, 0) is 26.7 Å². The van der Waals surface area contributed by atoms with Gasteiger partial charge in [0.25, 0.3) is 0 Å². The number of aryl methyl sites for hydroxylation is 1. The number of alkyl halides is 6. The van der Waals surface area contributed by atoms with Crippen LogP contribution in [0.3, 0.4) is 0 Å². The highest BCUT2D eigenvalue weighted by atomic mass is 19.4. The van der Waals surface area contributed by atoms with Crippen LogP contribution < -0.4 is 0 Å². The van der Waals surface area contributed by atoms with Crippen molar-refractivity contribution >= 4 is 17.6 Å². The van der Waals surface area contributed by atoms with E-state index in [0.29, 0.717) is 23.3 Å². The molecule has 222 valence electrons. The summed E-state index contributed by atoms with van der Waals surface area (Å²) in [5.74, 6) is -3.06. The number of piperidine rings is 1. The molecule has 2 saturated heterocycles. The molecule has 2 aliphatic heterocycles. The number of hydrogen-bond acceptors (Lipinski definition) is 4. The molecule has 2 fully saturated rings. The number of nitrogens with zero attached hydrogens (tertiary/aromatic N) is 3. The molecule has 0 radical (unpaired) electrons. The van der Waals surface area contributed by atoms with Crippen molar-refractivity contribution in [2.75, 3.05) is 26.7 Å². The van der Waals surface area contributed by atoms with E-state index in [1.807, 2.05) is 0 Å². The number of ketones is 1. The quantitative estimate of drug-likeness (QED) is 0.342. The summed E-state index contributed by atoms with van der Waals surface area (Å²) in [6, 6.07) is 4.10. The maximum absolute atomic E-state index is 13.9. The third-order valence-corrected chi connectivity index (χ3v) is 7.86. The minimum absolute atomic E-state index is 0.0332. The van der Waals surface area contributed by atoms with Crippen molar-refractivity contribution in [3.63, 3.8) is 0 Å². The molecule has 3 atom stereocenters. The lowest BCUT2D eigenvalue weighted by Gasteiger charge is -2.43. The maximum atomic E-state index is 13.9. The standard InChI is InChI=1S/C28H28F7N3O3/c1-15-8-20(29)4-5-22(15)24-14-37(38-13-21(39)12-25(38)40)7-6-23(24)26(41)36(3)16(2)17-9-18(27(30,31)32)11-19(10-17)28(33,34)35/h4-5,8-11,16,23-24H,6-7,12-14H2,1-3H3/t16-,23-,24+/m0/s1. The molecule has 2 heterocycles. The molecule has 4 rings (SSSR count). The number of halogens is 7. The molecule has 2 aromatic rings. The number of benzene rings is 2. The van der Waals surface area contributed by atoms with Gasteiger partial charge in [0.2, 0.25) is 11.8 Å². The molecule has 2 aliphatic rings. The normalized spacial score (nSPS) is 21.4. The molecule has 13 heteroatoms. The topological polar surface area (TPSA) is 60.9 Å². The molecule has 0 aromatic heterocycles. The second-order valence-corrected chi connectivity index (χ2v) is 10.5. The van der Waals surface area contributed by atoms with E-state index in [1.165, 1.54) is 37.2 Å². The van der Waals surface area contributed by atoms with E-state index in [2.05, 4.69) is 0 Å². The zero-order valence-electron chi connectivity index (χ0n) is 22.4. The number of Topliss-reactive ketones (excluding diaryl/α,β-unsaturated/α-hetero) is 1. The number of hydrogen-bond donors (Lipinski definition) is 0. The van der Waals surface area contributed by atoms with Crippen LogP contribution in [-0.4, -0.2) is 59.2 Å². The number of amides is 2. The van der Waals surface area contributed by atoms with Crippen molar-refractivity contribution in [2.24, 2.45) is 5.92 Å². The molecule has 0 saturated carbocycles. The highest BCUT2D eigenvalue weighted by Crippen LogP contribution is 2.40. The molecule has 0 bridgehead atoms. The Kier molecular flexibility index (Phi) is 8.23. The summed E-state index contributed by atoms with van der Waals surface area (Å²) in [4.78, 5) is 39.2. The largest absolute Gasteiger partial charge is 0.416 e. The van der Waals surface area contributed by atoms with Crippen LogP contribution >= 0.6 is 0 Å². The molecular weight excluding hydrogens is 559 g/mol. The van der Waals surface area contributed by atoms with Crippen molar-refractivity contribution in [1.29, 1.82) is 0 Å². The molecular formula is C28H28F7N3O3. The molecule has 41 heavy (non-hydrogen) atoms. The van der Waals surface area contributed by atoms with E-state index in [0.717, 1.165) is 4.90 Å². The van der Waals surface area contributed by atoms with Gasteiger partial charge in [-0.1, -0.05) is 6.07 Å². The van der Waals surface area contributed by atoms with Crippen molar-refractivity contribution in [3.05, 3.63) is 70.0 Å². The summed E-state index contributed by atoms with van der Waals surface area (Å²) in [5, 5.41) is 2.98. The summed E-state index contributed by atoms with van der Waals surface area (Å²) >= 11 is 0. The lowest BCUT2D eigenvalue weighted by molar-refractivity contribution is -0.150. The van der Waals surface area contributed by atoms with Gasteiger partial charge in [-0.05, 0) is 67.3 Å². The highest BCUT2D eigenvalue weighted by molar-refractivity contribution is 6.05. The van der Waals surface area contributed by atoms with Crippen LogP contribution in [0.2, 0.25) is 0 Å². The van der Waals surface area contributed by atoms with Gasteiger partial charge in [-0.2, -0.15) is 26.3 Å². The average molecular weight is 588 g/mol. The third-order valence-electron chi connectivity index (χ3n) is 7.86. The zero-order valence-corrected chi connectivity index (χ0v) is 22.4. The van der Waals surface area contributed by atoms with Gasteiger partial charge in [0.15, 0.2) is 5.78 Å². The van der Waals surface area contributed by atoms with Crippen LogP contribution in [0.1, 0.15) is 59.5 Å². The van der Waals surface area contributed by atoms with E-state index in [1.54, 1.807) is 11.9 Å². The van der Waals surface area contributed by atoms with E-state index < -0.39 is 53.1 Å². The minimum Gasteiger partial charge on any atom is -0.339 e. The number of carbonyl (C=O) groups excluding carboxylic acids is 3. The second-order valence-electron chi connectivity index (χ2n) is 10.5. The summed E-state index contributed by atoms with van der Waals surface area (Å²) in [7, 11) is 1.31. The van der Waals surface area contributed by atoms with Gasteiger partial charge in [-0.15, -0.1) is 0 Å². The first kappa shape index (κ1) is 30.5. The van der Waals surface area contributed by atoms with Crippen molar-refractivity contribution in [3.8, 4) is 0 Å².